The third-order valence-electron chi connectivity index (χ3n) is 5.55. The summed E-state index contributed by atoms with van der Waals surface area (Å²) in [5.74, 6) is -0.474. The SMILES string of the molecule is CN1CCCN(CC(=O)N2CCC[C@H](c3cccc(C(=O)O)c3)C2)CC1. The molecule has 6 nitrogen and oxygen atoms in total. The van der Waals surface area contributed by atoms with E-state index in [0.29, 0.717) is 18.7 Å². The minimum absolute atomic E-state index is 0.202. The Balaban J connectivity index is 1.60. The van der Waals surface area contributed by atoms with Crippen LogP contribution in [0.2, 0.25) is 0 Å². The predicted molar refractivity (Wildman–Crippen MR) is 101 cm³/mol. The number of benzene rings is 1. The van der Waals surface area contributed by atoms with Gasteiger partial charge < -0.3 is 14.9 Å². The Labute approximate surface area is 155 Å². The van der Waals surface area contributed by atoms with Gasteiger partial charge in [0, 0.05) is 32.1 Å². The monoisotopic (exact) mass is 359 g/mol. The second-order valence-corrected chi connectivity index (χ2v) is 7.54. The van der Waals surface area contributed by atoms with E-state index in [0.717, 1.165) is 57.5 Å². The number of carboxylic acid groups (broad SMARTS) is 1. The number of carbonyl (C=O) groups is 2. The van der Waals surface area contributed by atoms with Gasteiger partial charge >= 0.3 is 5.97 Å². The molecule has 0 unspecified atom stereocenters. The predicted octanol–water partition coefficient (Wildman–Crippen LogP) is 1.73. The van der Waals surface area contributed by atoms with Gasteiger partial charge in [0.2, 0.25) is 5.91 Å². The van der Waals surface area contributed by atoms with Crippen molar-refractivity contribution >= 4 is 11.9 Å². The summed E-state index contributed by atoms with van der Waals surface area (Å²) in [6.07, 6.45) is 3.08. The smallest absolute Gasteiger partial charge is 0.335 e. The Morgan fingerprint density at radius 1 is 1.12 bits per heavy atom. The molecular weight excluding hydrogens is 330 g/mol. The van der Waals surface area contributed by atoms with Crippen molar-refractivity contribution in [2.24, 2.45) is 0 Å². The zero-order valence-electron chi connectivity index (χ0n) is 15.6. The van der Waals surface area contributed by atoms with Crippen molar-refractivity contribution in [3.8, 4) is 0 Å². The molecule has 142 valence electrons. The average Bonchev–Trinajstić information content (AvgIpc) is 2.86. The second kappa shape index (κ2) is 8.64. The first-order valence-corrected chi connectivity index (χ1v) is 9.55. The summed E-state index contributed by atoms with van der Waals surface area (Å²) in [7, 11) is 2.13. The van der Waals surface area contributed by atoms with Gasteiger partial charge in [-0.25, -0.2) is 4.79 Å². The summed E-state index contributed by atoms with van der Waals surface area (Å²) >= 11 is 0. The molecule has 0 saturated carbocycles. The van der Waals surface area contributed by atoms with Crippen LogP contribution >= 0.6 is 0 Å². The summed E-state index contributed by atoms with van der Waals surface area (Å²) in [5.41, 5.74) is 1.35. The zero-order valence-corrected chi connectivity index (χ0v) is 15.6. The van der Waals surface area contributed by atoms with Crippen molar-refractivity contribution in [1.82, 2.24) is 14.7 Å². The van der Waals surface area contributed by atoms with Crippen molar-refractivity contribution in [1.29, 1.82) is 0 Å². The van der Waals surface area contributed by atoms with Crippen LogP contribution in [0.15, 0.2) is 24.3 Å². The number of likely N-dealkylation sites (N-methyl/N-ethyl adjacent to an activating group) is 1. The third-order valence-corrected chi connectivity index (χ3v) is 5.55. The molecule has 2 aliphatic rings. The van der Waals surface area contributed by atoms with E-state index in [2.05, 4.69) is 16.8 Å². The maximum Gasteiger partial charge on any atom is 0.335 e. The number of piperidine rings is 1. The van der Waals surface area contributed by atoms with Crippen LogP contribution in [0.4, 0.5) is 0 Å². The minimum Gasteiger partial charge on any atom is -0.478 e. The number of amides is 1. The number of carboxylic acids is 1. The van der Waals surface area contributed by atoms with Gasteiger partial charge in [-0.3, -0.25) is 9.69 Å². The molecule has 2 aliphatic heterocycles. The molecule has 0 aromatic heterocycles. The van der Waals surface area contributed by atoms with Crippen LogP contribution in [0.25, 0.3) is 0 Å². The fourth-order valence-corrected chi connectivity index (χ4v) is 3.95. The highest BCUT2D eigenvalue weighted by Gasteiger charge is 2.26. The molecule has 2 fully saturated rings. The fourth-order valence-electron chi connectivity index (χ4n) is 3.95. The molecule has 1 aromatic carbocycles. The molecule has 1 N–H and O–H groups in total. The van der Waals surface area contributed by atoms with Crippen LogP contribution in [0.1, 0.15) is 41.1 Å². The summed E-state index contributed by atoms with van der Waals surface area (Å²) in [4.78, 5) is 30.5. The van der Waals surface area contributed by atoms with Gasteiger partial charge in [0.1, 0.15) is 0 Å². The van der Waals surface area contributed by atoms with E-state index in [-0.39, 0.29) is 11.8 Å². The Morgan fingerprint density at radius 2 is 1.96 bits per heavy atom. The standard InChI is InChI=1S/C20H29N3O3/c1-21-8-4-9-22(12-11-21)15-19(24)23-10-3-7-18(14-23)16-5-2-6-17(13-16)20(25)26/h2,5-6,13,18H,3-4,7-12,14-15H2,1H3,(H,25,26)/t18-/m0/s1. The molecule has 0 aliphatic carbocycles. The molecule has 1 aromatic rings. The Bertz CT molecular complexity index is 649. The summed E-state index contributed by atoms with van der Waals surface area (Å²) in [5, 5.41) is 9.20. The van der Waals surface area contributed by atoms with E-state index in [1.165, 1.54) is 0 Å². The highest BCUT2D eigenvalue weighted by atomic mass is 16.4. The van der Waals surface area contributed by atoms with E-state index in [9.17, 15) is 14.7 Å². The molecule has 1 atom stereocenters. The Hall–Kier alpha value is -1.92. The van der Waals surface area contributed by atoms with Gasteiger partial charge in [-0.15, -0.1) is 0 Å². The van der Waals surface area contributed by atoms with Crippen LogP contribution in [0, 0.1) is 0 Å². The second-order valence-electron chi connectivity index (χ2n) is 7.54. The normalized spacial score (nSPS) is 22.8. The minimum atomic E-state index is -0.901. The number of aromatic carboxylic acids is 1. The summed E-state index contributed by atoms with van der Waals surface area (Å²) in [6.45, 7) is 6.02. The van der Waals surface area contributed by atoms with Crippen molar-refractivity contribution in [3.05, 3.63) is 35.4 Å². The molecule has 6 heteroatoms. The highest BCUT2D eigenvalue weighted by molar-refractivity contribution is 5.87. The molecule has 0 bridgehead atoms. The summed E-state index contributed by atoms with van der Waals surface area (Å²) < 4.78 is 0. The first-order valence-electron chi connectivity index (χ1n) is 9.55. The van der Waals surface area contributed by atoms with E-state index in [1.54, 1.807) is 18.2 Å². The lowest BCUT2D eigenvalue weighted by molar-refractivity contribution is -0.133. The molecule has 2 heterocycles. The molecule has 1 amide bonds. The number of rotatable bonds is 4. The number of hydrogen-bond acceptors (Lipinski definition) is 4. The maximum atomic E-state index is 12.8. The average molecular weight is 359 g/mol. The molecule has 0 spiro atoms. The number of likely N-dealkylation sites (tertiary alicyclic amines) is 1. The Morgan fingerprint density at radius 3 is 2.77 bits per heavy atom. The zero-order chi connectivity index (χ0) is 18.5. The first-order chi connectivity index (χ1) is 12.5. The van der Waals surface area contributed by atoms with Crippen molar-refractivity contribution in [2.45, 2.75) is 25.2 Å². The number of nitrogens with zero attached hydrogens (tertiary/aromatic N) is 3. The van der Waals surface area contributed by atoms with Crippen LogP contribution in [-0.4, -0.2) is 84.5 Å². The molecule has 26 heavy (non-hydrogen) atoms. The number of hydrogen-bond donors (Lipinski definition) is 1. The highest BCUT2D eigenvalue weighted by Crippen LogP contribution is 2.27. The topological polar surface area (TPSA) is 64.1 Å². The van der Waals surface area contributed by atoms with E-state index < -0.39 is 5.97 Å². The van der Waals surface area contributed by atoms with Gasteiger partial charge in [0.05, 0.1) is 12.1 Å². The summed E-state index contributed by atoms with van der Waals surface area (Å²) in [6, 6.07) is 7.16. The molecular formula is C20H29N3O3. The molecule has 3 rings (SSSR count). The van der Waals surface area contributed by atoms with E-state index in [1.807, 2.05) is 11.0 Å². The van der Waals surface area contributed by atoms with Crippen molar-refractivity contribution in [2.75, 3.05) is 52.9 Å². The van der Waals surface area contributed by atoms with Crippen molar-refractivity contribution < 1.29 is 14.7 Å². The van der Waals surface area contributed by atoms with E-state index >= 15 is 0 Å². The van der Waals surface area contributed by atoms with Crippen LogP contribution < -0.4 is 0 Å². The van der Waals surface area contributed by atoms with Crippen LogP contribution in [0.5, 0.6) is 0 Å². The van der Waals surface area contributed by atoms with Crippen molar-refractivity contribution in [3.63, 3.8) is 0 Å². The van der Waals surface area contributed by atoms with Gasteiger partial charge in [0.25, 0.3) is 0 Å². The molecule has 2 saturated heterocycles. The molecule has 0 radical (unpaired) electrons. The lowest BCUT2D eigenvalue weighted by Crippen LogP contribution is -2.45. The quantitative estimate of drug-likeness (QED) is 0.887. The van der Waals surface area contributed by atoms with E-state index in [4.69, 9.17) is 0 Å². The Kier molecular flexibility index (Phi) is 6.27. The van der Waals surface area contributed by atoms with Crippen LogP contribution in [-0.2, 0) is 4.79 Å². The van der Waals surface area contributed by atoms with Gasteiger partial charge in [-0.2, -0.15) is 0 Å². The fraction of sp³-hybridized carbons (Fsp3) is 0.600. The largest absolute Gasteiger partial charge is 0.478 e. The lowest BCUT2D eigenvalue weighted by Gasteiger charge is -2.34. The van der Waals surface area contributed by atoms with Crippen LogP contribution in [0.3, 0.4) is 0 Å². The lowest BCUT2D eigenvalue weighted by atomic mass is 9.89. The van der Waals surface area contributed by atoms with Gasteiger partial charge in [-0.05, 0) is 57.1 Å². The first kappa shape index (κ1) is 18.9. The maximum absolute atomic E-state index is 12.8. The number of carbonyl (C=O) groups excluding carboxylic acids is 1. The third kappa shape index (κ3) is 4.83. The van der Waals surface area contributed by atoms with Gasteiger partial charge in [-0.1, -0.05) is 12.1 Å². The van der Waals surface area contributed by atoms with Gasteiger partial charge in [0.15, 0.2) is 0 Å².